The maximum absolute atomic E-state index is 13.4. The molecule has 6 nitrogen and oxygen atoms in total. The zero-order chi connectivity index (χ0) is 17.2. The Hall–Kier alpha value is -2.88. The monoisotopic (exact) mass is 338 g/mol. The predicted octanol–water partition coefficient (Wildman–Crippen LogP) is 1.82. The van der Waals surface area contributed by atoms with E-state index in [-0.39, 0.29) is 29.3 Å². The Morgan fingerprint density at radius 3 is 3.04 bits per heavy atom. The molecule has 0 atom stereocenters. The summed E-state index contributed by atoms with van der Waals surface area (Å²) in [5.74, 6) is 1.33. The lowest BCUT2D eigenvalue weighted by molar-refractivity contribution is 0.229. The van der Waals surface area contributed by atoms with Gasteiger partial charge in [0.25, 0.3) is 0 Å². The van der Waals surface area contributed by atoms with Crippen molar-refractivity contribution in [2.75, 3.05) is 11.4 Å². The lowest BCUT2D eigenvalue weighted by Gasteiger charge is -2.37. The van der Waals surface area contributed by atoms with E-state index in [2.05, 4.69) is 9.88 Å². The number of hydrogen-bond donors (Lipinski definition) is 0. The molecule has 2 bridgehead atoms. The summed E-state index contributed by atoms with van der Waals surface area (Å²) in [5.41, 5.74) is 0.453. The number of benzene rings is 1. The molecule has 1 aliphatic carbocycles. The van der Waals surface area contributed by atoms with Crippen LogP contribution in [-0.4, -0.2) is 21.6 Å². The van der Waals surface area contributed by atoms with Gasteiger partial charge in [0, 0.05) is 12.6 Å². The van der Waals surface area contributed by atoms with Crippen LogP contribution in [0.5, 0.6) is 5.88 Å². The predicted molar refractivity (Wildman–Crippen MR) is 86.7 cm³/mol. The molecule has 6 rings (SSSR count). The van der Waals surface area contributed by atoms with Crippen LogP contribution in [0.4, 0.5) is 10.2 Å². The van der Waals surface area contributed by atoms with Crippen LogP contribution in [0.3, 0.4) is 0 Å². The fraction of sp³-hybridized carbons (Fsp3) is 0.389. The van der Waals surface area contributed by atoms with Crippen LogP contribution < -0.4 is 15.3 Å². The standard InChI is InChI=1S/C18H15FN4O2/c19-14-2-1-11(3-13(14)7-20)9-25-15-4-16-22(17(24)21-15)10-18-5-12(6-18)8-23(16)18/h1-4,12H,5-6,8-10H2. The molecule has 3 fully saturated rings. The van der Waals surface area contributed by atoms with Crippen molar-refractivity contribution in [3.05, 3.63) is 51.7 Å². The highest BCUT2D eigenvalue weighted by atomic mass is 19.1. The van der Waals surface area contributed by atoms with Crippen molar-refractivity contribution in [3.63, 3.8) is 0 Å². The minimum atomic E-state index is -0.557. The van der Waals surface area contributed by atoms with Crippen molar-refractivity contribution >= 4 is 5.82 Å². The average molecular weight is 338 g/mol. The van der Waals surface area contributed by atoms with Crippen LogP contribution >= 0.6 is 0 Å². The number of nitrogens with zero attached hydrogens (tertiary/aromatic N) is 4. The number of anilines is 1. The first-order valence-electron chi connectivity index (χ1n) is 8.29. The van der Waals surface area contributed by atoms with E-state index in [1.807, 2.05) is 6.07 Å². The summed E-state index contributed by atoms with van der Waals surface area (Å²) in [4.78, 5) is 18.7. The lowest BCUT2D eigenvalue weighted by atomic mass is 9.74. The van der Waals surface area contributed by atoms with Gasteiger partial charge in [0.2, 0.25) is 5.88 Å². The van der Waals surface area contributed by atoms with Crippen LogP contribution in [0.15, 0.2) is 29.1 Å². The lowest BCUT2D eigenvalue weighted by Crippen LogP contribution is -2.44. The van der Waals surface area contributed by atoms with Gasteiger partial charge >= 0.3 is 5.69 Å². The Kier molecular flexibility index (Phi) is 2.79. The van der Waals surface area contributed by atoms with Crippen LogP contribution in [0, 0.1) is 23.1 Å². The molecule has 3 aliphatic heterocycles. The summed E-state index contributed by atoms with van der Waals surface area (Å²) in [6.07, 6.45) is 2.30. The fourth-order valence-electron chi connectivity index (χ4n) is 4.49. The van der Waals surface area contributed by atoms with Crippen LogP contribution in [0.2, 0.25) is 0 Å². The maximum Gasteiger partial charge on any atom is 0.352 e. The van der Waals surface area contributed by atoms with E-state index in [4.69, 9.17) is 10.00 Å². The number of fused-ring (bicyclic) bond motifs is 1. The number of ether oxygens (including phenoxy) is 1. The summed E-state index contributed by atoms with van der Waals surface area (Å²) in [7, 11) is 0. The molecule has 126 valence electrons. The highest BCUT2D eigenvalue weighted by Crippen LogP contribution is 2.56. The van der Waals surface area contributed by atoms with Crippen molar-refractivity contribution in [3.8, 4) is 11.9 Å². The van der Waals surface area contributed by atoms with Crippen molar-refractivity contribution in [2.24, 2.45) is 5.92 Å². The quantitative estimate of drug-likeness (QED) is 0.854. The Morgan fingerprint density at radius 1 is 1.40 bits per heavy atom. The van der Waals surface area contributed by atoms with Gasteiger partial charge in [0.15, 0.2) is 0 Å². The second-order valence-electron chi connectivity index (χ2n) is 7.15. The van der Waals surface area contributed by atoms with Gasteiger partial charge in [-0.25, -0.2) is 9.18 Å². The molecule has 1 saturated carbocycles. The van der Waals surface area contributed by atoms with Gasteiger partial charge in [-0.2, -0.15) is 10.2 Å². The van der Waals surface area contributed by atoms with Gasteiger partial charge in [0.1, 0.15) is 24.3 Å². The van der Waals surface area contributed by atoms with Crippen molar-refractivity contribution < 1.29 is 9.13 Å². The van der Waals surface area contributed by atoms with Crippen LogP contribution in [0.25, 0.3) is 0 Å². The van der Waals surface area contributed by atoms with E-state index in [0.717, 1.165) is 31.1 Å². The smallest absolute Gasteiger partial charge is 0.352 e. The minimum Gasteiger partial charge on any atom is -0.473 e. The second-order valence-corrected chi connectivity index (χ2v) is 7.15. The number of hydrogen-bond acceptors (Lipinski definition) is 5. The Morgan fingerprint density at radius 2 is 2.24 bits per heavy atom. The third-order valence-electron chi connectivity index (χ3n) is 5.58. The van der Waals surface area contributed by atoms with E-state index in [1.54, 1.807) is 16.7 Å². The van der Waals surface area contributed by atoms with Gasteiger partial charge in [-0.15, -0.1) is 0 Å². The number of aromatic nitrogens is 2. The zero-order valence-corrected chi connectivity index (χ0v) is 13.4. The molecule has 7 heteroatoms. The highest BCUT2D eigenvalue weighted by Gasteiger charge is 2.60. The van der Waals surface area contributed by atoms with Crippen molar-refractivity contribution in [1.82, 2.24) is 9.55 Å². The molecule has 4 heterocycles. The van der Waals surface area contributed by atoms with Gasteiger partial charge < -0.3 is 9.64 Å². The van der Waals surface area contributed by atoms with Crippen LogP contribution in [0.1, 0.15) is 24.0 Å². The summed E-state index contributed by atoms with van der Waals surface area (Å²) < 4.78 is 20.8. The fourth-order valence-corrected chi connectivity index (χ4v) is 4.49. The first-order valence-corrected chi connectivity index (χ1v) is 8.29. The molecule has 0 amide bonds. The van der Waals surface area contributed by atoms with E-state index < -0.39 is 5.82 Å². The number of halogens is 1. The first-order chi connectivity index (χ1) is 12.1. The van der Waals surface area contributed by atoms with Gasteiger partial charge in [-0.3, -0.25) is 4.57 Å². The van der Waals surface area contributed by atoms with Gasteiger partial charge in [0.05, 0.1) is 17.6 Å². The molecular weight excluding hydrogens is 323 g/mol. The van der Waals surface area contributed by atoms with Crippen LogP contribution in [-0.2, 0) is 13.2 Å². The second kappa shape index (κ2) is 4.82. The van der Waals surface area contributed by atoms with E-state index in [1.165, 1.54) is 12.1 Å². The Bertz CT molecular complexity index is 988. The van der Waals surface area contributed by atoms with E-state index in [0.29, 0.717) is 12.1 Å². The summed E-state index contributed by atoms with van der Waals surface area (Å²) in [6.45, 7) is 1.83. The molecular formula is C18H15FN4O2. The minimum absolute atomic E-state index is 0.0261. The molecule has 0 radical (unpaired) electrons. The maximum atomic E-state index is 13.4. The normalized spacial score (nSPS) is 25.1. The number of nitriles is 1. The molecule has 1 aromatic carbocycles. The summed E-state index contributed by atoms with van der Waals surface area (Å²) in [6, 6.07) is 7.86. The largest absolute Gasteiger partial charge is 0.473 e. The molecule has 2 saturated heterocycles. The first kappa shape index (κ1) is 14.5. The molecule has 1 aromatic heterocycles. The third-order valence-corrected chi connectivity index (χ3v) is 5.58. The average Bonchev–Trinajstić information content (AvgIpc) is 3.19. The van der Waals surface area contributed by atoms with E-state index >= 15 is 0 Å². The van der Waals surface area contributed by atoms with Gasteiger partial charge in [-0.05, 0) is 36.5 Å². The van der Waals surface area contributed by atoms with Crippen molar-refractivity contribution in [1.29, 1.82) is 5.26 Å². The molecule has 0 N–H and O–H groups in total. The molecule has 4 aliphatic rings. The third kappa shape index (κ3) is 2.00. The Balaban J connectivity index is 1.41. The molecule has 0 unspecified atom stereocenters. The summed E-state index contributed by atoms with van der Waals surface area (Å²) in [5, 5.41) is 8.89. The topological polar surface area (TPSA) is 71.1 Å². The molecule has 1 spiro atoms. The number of rotatable bonds is 3. The Labute approximate surface area is 143 Å². The van der Waals surface area contributed by atoms with Crippen molar-refractivity contribution in [2.45, 2.75) is 31.5 Å². The highest BCUT2D eigenvalue weighted by molar-refractivity contribution is 5.54. The molecule has 25 heavy (non-hydrogen) atoms. The van der Waals surface area contributed by atoms with E-state index in [9.17, 15) is 9.18 Å². The van der Waals surface area contributed by atoms with Gasteiger partial charge in [-0.1, -0.05) is 6.07 Å². The zero-order valence-electron chi connectivity index (χ0n) is 13.4. The summed E-state index contributed by atoms with van der Waals surface area (Å²) >= 11 is 0. The molecule has 2 aromatic rings. The SMILES string of the molecule is N#Cc1cc(COc2cc3n(c(=O)n2)CC24CC(CN32)C4)ccc1F.